The van der Waals surface area contributed by atoms with E-state index in [-0.39, 0.29) is 12.4 Å². The first-order valence-corrected chi connectivity index (χ1v) is 11.3. The number of hydrogen-bond donors (Lipinski definition) is 2. The number of benzene rings is 2. The van der Waals surface area contributed by atoms with E-state index in [0.717, 1.165) is 5.75 Å². The molecule has 1 aliphatic heterocycles. The summed E-state index contributed by atoms with van der Waals surface area (Å²) in [5, 5.41) is 8.76. The summed E-state index contributed by atoms with van der Waals surface area (Å²) in [4.78, 5) is 28.5. The van der Waals surface area contributed by atoms with Gasteiger partial charge < -0.3 is 20.3 Å². The van der Waals surface area contributed by atoms with Gasteiger partial charge in [0, 0.05) is 11.3 Å². The third-order valence-electron chi connectivity index (χ3n) is 6.10. The minimum Gasteiger partial charge on any atom is -0.490 e. The van der Waals surface area contributed by atoms with Crippen molar-refractivity contribution in [3.63, 3.8) is 0 Å². The number of carbonyl (C=O) groups excluding carboxylic acids is 1. The third-order valence-corrected chi connectivity index (χ3v) is 6.10. The lowest BCUT2D eigenvalue weighted by Crippen LogP contribution is -2.27. The van der Waals surface area contributed by atoms with E-state index >= 15 is 0 Å². The van der Waals surface area contributed by atoms with Gasteiger partial charge >= 0.3 is 12.1 Å². The number of anilines is 1. The number of carboxylic acid groups (broad SMARTS) is 1. The first-order valence-electron chi connectivity index (χ1n) is 11.3. The highest BCUT2D eigenvalue weighted by Gasteiger charge is 2.33. The normalized spacial score (nSPS) is 19.4. The molecule has 0 bridgehead atoms. The summed E-state index contributed by atoms with van der Waals surface area (Å²) in [6.07, 6.45) is 5.59. The molecule has 2 aliphatic rings. The molecule has 2 fully saturated rings. The second-order valence-corrected chi connectivity index (χ2v) is 8.48. The maximum atomic E-state index is 12.4. The highest BCUT2D eigenvalue weighted by atomic mass is 16.6. The van der Waals surface area contributed by atoms with Gasteiger partial charge in [-0.3, -0.25) is 14.7 Å². The molecule has 8 heteroatoms. The van der Waals surface area contributed by atoms with Crippen molar-refractivity contribution >= 4 is 23.6 Å². The Morgan fingerprint density at radius 2 is 1.91 bits per heavy atom. The number of amidine groups is 1. The van der Waals surface area contributed by atoms with Crippen LogP contribution in [0.25, 0.3) is 0 Å². The minimum atomic E-state index is -1.07. The van der Waals surface area contributed by atoms with Crippen LogP contribution in [0.15, 0.2) is 53.5 Å². The third kappa shape index (κ3) is 5.83. The van der Waals surface area contributed by atoms with Crippen molar-refractivity contribution in [2.45, 2.75) is 44.1 Å². The van der Waals surface area contributed by atoms with Crippen LogP contribution in [0, 0.1) is 0 Å². The van der Waals surface area contributed by atoms with E-state index in [1.54, 1.807) is 24.3 Å². The van der Waals surface area contributed by atoms with Gasteiger partial charge in [-0.25, -0.2) is 4.79 Å². The zero-order valence-corrected chi connectivity index (χ0v) is 18.5. The van der Waals surface area contributed by atoms with E-state index in [1.165, 1.54) is 42.6 Å². The monoisotopic (exact) mass is 451 g/mol. The van der Waals surface area contributed by atoms with Crippen molar-refractivity contribution in [3.8, 4) is 5.75 Å². The molecule has 2 aromatic carbocycles. The van der Waals surface area contributed by atoms with Crippen LogP contribution in [0.1, 0.15) is 49.1 Å². The van der Waals surface area contributed by atoms with Gasteiger partial charge in [-0.2, -0.15) is 0 Å². The number of ether oxygens (including phenoxy) is 2. The second kappa shape index (κ2) is 10.4. The molecule has 1 atom stereocenters. The van der Waals surface area contributed by atoms with E-state index in [9.17, 15) is 9.59 Å². The van der Waals surface area contributed by atoms with E-state index < -0.39 is 24.7 Å². The predicted molar refractivity (Wildman–Crippen MR) is 125 cm³/mol. The molecular formula is C25H29N3O5. The SMILES string of the molecule is NC(=NCC(=O)O)c1cccc(N2CC(COc3ccc(C4CCCCC4)cc3)OC2=O)c1. The number of hydrogen-bond acceptors (Lipinski definition) is 5. The van der Waals surface area contributed by atoms with Crippen molar-refractivity contribution in [2.24, 2.45) is 10.7 Å². The molecule has 1 saturated heterocycles. The molecule has 1 unspecified atom stereocenters. The summed E-state index contributed by atoms with van der Waals surface area (Å²) < 4.78 is 11.4. The standard InChI is InChI=1S/C25H29N3O5/c26-24(27-14-23(29)30)19-7-4-8-20(13-19)28-15-22(33-25(28)31)16-32-21-11-9-18(10-12-21)17-5-2-1-3-6-17/h4,7-13,17,22H,1-3,5-6,14-16H2,(H2,26,27)(H,29,30). The van der Waals surface area contributed by atoms with Crippen molar-refractivity contribution in [3.05, 3.63) is 59.7 Å². The summed E-state index contributed by atoms with van der Waals surface area (Å²) in [5.41, 5.74) is 8.39. The average molecular weight is 452 g/mol. The maximum absolute atomic E-state index is 12.4. The summed E-state index contributed by atoms with van der Waals surface area (Å²) in [5.74, 6) is 0.441. The van der Waals surface area contributed by atoms with Crippen LogP contribution in [0.4, 0.5) is 10.5 Å². The molecule has 0 radical (unpaired) electrons. The lowest BCUT2D eigenvalue weighted by atomic mass is 9.84. The number of aliphatic carboxylic acids is 1. The Kier molecular flexibility index (Phi) is 7.12. The zero-order valence-electron chi connectivity index (χ0n) is 18.5. The largest absolute Gasteiger partial charge is 0.490 e. The molecule has 33 heavy (non-hydrogen) atoms. The topological polar surface area (TPSA) is 114 Å². The van der Waals surface area contributed by atoms with Crippen LogP contribution in [0.2, 0.25) is 0 Å². The number of rotatable bonds is 8. The highest BCUT2D eigenvalue weighted by molar-refractivity contribution is 6.00. The fourth-order valence-electron chi connectivity index (χ4n) is 4.36. The number of amides is 1. The van der Waals surface area contributed by atoms with E-state index in [2.05, 4.69) is 17.1 Å². The summed E-state index contributed by atoms with van der Waals surface area (Å²) in [6, 6.07) is 15.2. The Bertz CT molecular complexity index is 1010. The van der Waals surface area contributed by atoms with Crippen molar-refractivity contribution in [1.82, 2.24) is 0 Å². The summed E-state index contributed by atoms with van der Waals surface area (Å²) in [6.45, 7) is 0.185. The van der Waals surface area contributed by atoms with Crippen LogP contribution in [-0.4, -0.2) is 48.8 Å². The fraction of sp³-hybridized carbons (Fsp3) is 0.400. The molecule has 0 aromatic heterocycles. The number of nitrogens with zero attached hydrogens (tertiary/aromatic N) is 2. The smallest absolute Gasteiger partial charge is 0.414 e. The molecule has 8 nitrogen and oxygen atoms in total. The predicted octanol–water partition coefficient (Wildman–Crippen LogP) is 3.93. The molecule has 4 rings (SSSR count). The molecule has 1 amide bonds. The highest BCUT2D eigenvalue weighted by Crippen LogP contribution is 2.33. The molecular weight excluding hydrogens is 422 g/mol. The van der Waals surface area contributed by atoms with E-state index in [1.807, 2.05) is 12.1 Å². The van der Waals surface area contributed by atoms with Gasteiger partial charge in [0.2, 0.25) is 0 Å². The van der Waals surface area contributed by atoms with Gasteiger partial charge in [-0.05, 0) is 48.6 Å². The van der Waals surface area contributed by atoms with E-state index in [4.69, 9.17) is 20.3 Å². The van der Waals surface area contributed by atoms with Crippen LogP contribution >= 0.6 is 0 Å². The average Bonchev–Trinajstić information content (AvgIpc) is 3.22. The molecule has 1 saturated carbocycles. The molecule has 2 aromatic rings. The Labute approximate surface area is 193 Å². The van der Waals surface area contributed by atoms with E-state index in [0.29, 0.717) is 23.7 Å². The van der Waals surface area contributed by atoms with Gasteiger partial charge in [-0.1, -0.05) is 43.5 Å². The Balaban J connectivity index is 1.33. The summed E-state index contributed by atoms with van der Waals surface area (Å²) >= 11 is 0. The minimum absolute atomic E-state index is 0.100. The zero-order chi connectivity index (χ0) is 23.2. The van der Waals surface area contributed by atoms with Gasteiger partial charge in [0.25, 0.3) is 0 Å². The van der Waals surface area contributed by atoms with Crippen LogP contribution in [-0.2, 0) is 9.53 Å². The number of carboxylic acids is 1. The van der Waals surface area contributed by atoms with Crippen LogP contribution < -0.4 is 15.4 Å². The first-order chi connectivity index (χ1) is 16.0. The second-order valence-electron chi connectivity index (χ2n) is 8.48. The van der Waals surface area contributed by atoms with Gasteiger partial charge in [0.05, 0.1) is 6.54 Å². The van der Waals surface area contributed by atoms with Gasteiger partial charge in [0.15, 0.2) is 6.10 Å². The quantitative estimate of drug-likeness (QED) is 0.464. The molecule has 174 valence electrons. The molecule has 1 heterocycles. The lowest BCUT2D eigenvalue weighted by molar-refractivity contribution is -0.135. The van der Waals surface area contributed by atoms with Crippen LogP contribution in [0.3, 0.4) is 0 Å². The van der Waals surface area contributed by atoms with Crippen LogP contribution in [0.5, 0.6) is 5.75 Å². The Hall–Kier alpha value is -3.55. The van der Waals surface area contributed by atoms with Crippen molar-refractivity contribution in [1.29, 1.82) is 0 Å². The van der Waals surface area contributed by atoms with Crippen molar-refractivity contribution < 1.29 is 24.2 Å². The number of carbonyl (C=O) groups is 2. The fourth-order valence-corrected chi connectivity index (χ4v) is 4.36. The lowest BCUT2D eigenvalue weighted by Gasteiger charge is -2.22. The molecule has 0 spiro atoms. The number of cyclic esters (lactones) is 1. The summed E-state index contributed by atoms with van der Waals surface area (Å²) in [7, 11) is 0. The van der Waals surface area contributed by atoms with Gasteiger partial charge in [-0.15, -0.1) is 0 Å². The Morgan fingerprint density at radius 3 is 2.64 bits per heavy atom. The first kappa shape index (κ1) is 22.6. The maximum Gasteiger partial charge on any atom is 0.414 e. The molecule has 3 N–H and O–H groups in total. The number of nitrogens with two attached hydrogens (primary N) is 1. The van der Waals surface area contributed by atoms with Crippen molar-refractivity contribution in [2.75, 3.05) is 24.6 Å². The number of aliphatic imine (C=N–C) groups is 1. The van der Waals surface area contributed by atoms with Gasteiger partial charge in [0.1, 0.15) is 24.7 Å². The Morgan fingerprint density at radius 1 is 1.15 bits per heavy atom. The molecule has 1 aliphatic carbocycles.